The number of thiophene rings is 1. The van der Waals surface area contributed by atoms with Crippen molar-refractivity contribution in [2.45, 2.75) is 38.1 Å². The summed E-state index contributed by atoms with van der Waals surface area (Å²) in [5.74, 6) is -0.0181. The van der Waals surface area contributed by atoms with E-state index < -0.39 is 0 Å². The molecule has 0 radical (unpaired) electrons. The Hall–Kier alpha value is -1.32. The highest BCUT2D eigenvalue weighted by molar-refractivity contribution is 7.20. The molecule has 1 saturated carbocycles. The smallest absolute Gasteiger partial charge is 0.244 e. The van der Waals surface area contributed by atoms with Gasteiger partial charge in [0.25, 0.3) is 0 Å². The number of fused-ring (bicyclic) bond motifs is 1. The van der Waals surface area contributed by atoms with Crippen LogP contribution < -0.4 is 5.32 Å². The Morgan fingerprint density at radius 2 is 2.00 bits per heavy atom. The number of benzene rings is 1. The second-order valence-corrected chi connectivity index (χ2v) is 6.92. The molecule has 1 aromatic carbocycles. The SMILES string of the molecule is O=C(/C=C/c1sc2ccccc2c1Cl)NC1CCCCC1. The molecule has 0 bridgehead atoms. The predicted octanol–water partition coefficient (Wildman–Crippen LogP) is 5.02. The Bertz CT molecular complexity index is 670. The first kappa shape index (κ1) is 14.6. The molecule has 1 fully saturated rings. The van der Waals surface area contributed by atoms with Crippen LogP contribution in [0, 0.1) is 0 Å². The molecule has 1 aliphatic rings. The van der Waals surface area contributed by atoms with Crippen LogP contribution in [0.15, 0.2) is 30.3 Å². The number of rotatable bonds is 3. The Labute approximate surface area is 133 Å². The maximum atomic E-state index is 12.0. The van der Waals surface area contributed by atoms with Gasteiger partial charge in [0.2, 0.25) is 5.91 Å². The fourth-order valence-electron chi connectivity index (χ4n) is 2.79. The van der Waals surface area contributed by atoms with Crippen molar-refractivity contribution >= 4 is 45.0 Å². The van der Waals surface area contributed by atoms with Crippen LogP contribution >= 0.6 is 22.9 Å². The van der Waals surface area contributed by atoms with E-state index in [0.717, 1.165) is 32.8 Å². The summed E-state index contributed by atoms with van der Waals surface area (Å²) in [6, 6.07) is 8.37. The van der Waals surface area contributed by atoms with Crippen molar-refractivity contribution in [3.63, 3.8) is 0 Å². The van der Waals surface area contributed by atoms with E-state index in [1.807, 2.05) is 30.3 Å². The Kier molecular flexibility index (Phi) is 4.61. The Morgan fingerprint density at radius 3 is 2.76 bits per heavy atom. The zero-order valence-corrected chi connectivity index (χ0v) is 13.3. The first-order chi connectivity index (χ1) is 10.2. The molecule has 0 unspecified atom stereocenters. The van der Waals surface area contributed by atoms with Gasteiger partial charge in [0, 0.05) is 27.1 Å². The highest BCUT2D eigenvalue weighted by Crippen LogP contribution is 2.35. The Balaban J connectivity index is 1.69. The molecule has 1 N–H and O–H groups in total. The van der Waals surface area contributed by atoms with Crippen LogP contribution in [-0.2, 0) is 4.79 Å². The average molecular weight is 320 g/mol. The maximum absolute atomic E-state index is 12.0. The number of hydrogen-bond acceptors (Lipinski definition) is 2. The lowest BCUT2D eigenvalue weighted by Gasteiger charge is -2.21. The van der Waals surface area contributed by atoms with E-state index in [2.05, 4.69) is 5.32 Å². The van der Waals surface area contributed by atoms with E-state index in [9.17, 15) is 4.79 Å². The van der Waals surface area contributed by atoms with E-state index in [0.29, 0.717) is 6.04 Å². The molecular formula is C17H18ClNOS. The van der Waals surface area contributed by atoms with Crippen LogP contribution in [0.3, 0.4) is 0 Å². The molecular weight excluding hydrogens is 302 g/mol. The van der Waals surface area contributed by atoms with E-state index >= 15 is 0 Å². The van der Waals surface area contributed by atoms with Crippen molar-refractivity contribution < 1.29 is 4.79 Å². The predicted molar refractivity (Wildman–Crippen MR) is 90.9 cm³/mol. The number of halogens is 1. The van der Waals surface area contributed by atoms with Gasteiger partial charge in [-0.25, -0.2) is 0 Å². The zero-order valence-electron chi connectivity index (χ0n) is 11.8. The molecule has 1 amide bonds. The van der Waals surface area contributed by atoms with Gasteiger partial charge < -0.3 is 5.32 Å². The number of carbonyl (C=O) groups excluding carboxylic acids is 1. The lowest BCUT2D eigenvalue weighted by molar-refractivity contribution is -0.117. The minimum Gasteiger partial charge on any atom is -0.350 e. The fraction of sp³-hybridized carbons (Fsp3) is 0.353. The number of amides is 1. The molecule has 0 aliphatic heterocycles. The van der Waals surface area contributed by atoms with Gasteiger partial charge in [-0.15, -0.1) is 11.3 Å². The van der Waals surface area contributed by atoms with Crippen LogP contribution in [0.5, 0.6) is 0 Å². The van der Waals surface area contributed by atoms with Gasteiger partial charge in [-0.1, -0.05) is 49.1 Å². The van der Waals surface area contributed by atoms with E-state index in [-0.39, 0.29) is 5.91 Å². The number of carbonyl (C=O) groups is 1. The minimum atomic E-state index is -0.0181. The van der Waals surface area contributed by atoms with Crippen LogP contribution in [0.1, 0.15) is 37.0 Å². The van der Waals surface area contributed by atoms with Crippen molar-refractivity contribution in [1.29, 1.82) is 0 Å². The standard InChI is InChI=1S/C17H18ClNOS/c18-17-13-8-4-5-9-14(13)21-15(17)10-11-16(20)19-12-6-2-1-3-7-12/h4-5,8-12H,1-3,6-7H2,(H,19,20)/b11-10+. The summed E-state index contributed by atoms with van der Waals surface area (Å²) in [5.41, 5.74) is 0. The summed E-state index contributed by atoms with van der Waals surface area (Å²) < 4.78 is 1.15. The second kappa shape index (κ2) is 6.63. The minimum absolute atomic E-state index is 0.0181. The van der Waals surface area contributed by atoms with Crippen molar-refractivity contribution in [2.24, 2.45) is 0 Å². The molecule has 0 spiro atoms. The topological polar surface area (TPSA) is 29.1 Å². The molecule has 21 heavy (non-hydrogen) atoms. The highest BCUT2D eigenvalue weighted by atomic mass is 35.5. The molecule has 0 saturated heterocycles. The summed E-state index contributed by atoms with van der Waals surface area (Å²) in [6.07, 6.45) is 9.36. The summed E-state index contributed by atoms with van der Waals surface area (Å²) >= 11 is 7.97. The van der Waals surface area contributed by atoms with Gasteiger partial charge in [0.05, 0.1) is 5.02 Å². The molecule has 1 aromatic heterocycles. The van der Waals surface area contributed by atoms with Crippen LogP contribution in [0.2, 0.25) is 5.02 Å². The summed E-state index contributed by atoms with van der Waals surface area (Å²) in [6.45, 7) is 0. The number of nitrogens with one attached hydrogen (secondary N) is 1. The van der Waals surface area contributed by atoms with Crippen LogP contribution in [0.25, 0.3) is 16.2 Å². The number of hydrogen-bond donors (Lipinski definition) is 1. The first-order valence-corrected chi connectivity index (χ1v) is 8.59. The van der Waals surface area contributed by atoms with Crippen molar-refractivity contribution in [2.75, 3.05) is 0 Å². The normalized spacial score (nSPS) is 16.6. The quantitative estimate of drug-likeness (QED) is 0.791. The summed E-state index contributed by atoms with van der Waals surface area (Å²) in [4.78, 5) is 12.9. The van der Waals surface area contributed by atoms with E-state index in [1.165, 1.54) is 19.3 Å². The van der Waals surface area contributed by atoms with Crippen molar-refractivity contribution in [1.82, 2.24) is 5.32 Å². The Morgan fingerprint density at radius 1 is 1.24 bits per heavy atom. The van der Waals surface area contributed by atoms with Crippen molar-refractivity contribution in [3.05, 3.63) is 40.2 Å². The van der Waals surface area contributed by atoms with Crippen molar-refractivity contribution in [3.8, 4) is 0 Å². The molecule has 3 rings (SSSR count). The average Bonchev–Trinajstić information content (AvgIpc) is 2.83. The second-order valence-electron chi connectivity index (χ2n) is 5.45. The van der Waals surface area contributed by atoms with Gasteiger partial charge >= 0.3 is 0 Å². The van der Waals surface area contributed by atoms with Gasteiger partial charge in [-0.2, -0.15) is 0 Å². The fourth-order valence-corrected chi connectivity index (χ4v) is 4.19. The van der Waals surface area contributed by atoms with Crippen LogP contribution in [0.4, 0.5) is 0 Å². The molecule has 1 aliphatic carbocycles. The van der Waals surface area contributed by atoms with Gasteiger partial charge in [0.1, 0.15) is 0 Å². The van der Waals surface area contributed by atoms with Gasteiger partial charge in [-0.3, -0.25) is 4.79 Å². The monoisotopic (exact) mass is 319 g/mol. The van der Waals surface area contributed by atoms with Gasteiger partial charge in [0.15, 0.2) is 0 Å². The molecule has 1 heterocycles. The lowest BCUT2D eigenvalue weighted by Crippen LogP contribution is -2.34. The van der Waals surface area contributed by atoms with E-state index in [1.54, 1.807) is 17.4 Å². The molecule has 2 aromatic rings. The third kappa shape index (κ3) is 3.47. The molecule has 2 nitrogen and oxygen atoms in total. The molecule has 0 atom stereocenters. The lowest BCUT2D eigenvalue weighted by atomic mass is 9.95. The summed E-state index contributed by atoms with van der Waals surface area (Å²) in [5, 5.41) is 4.86. The van der Waals surface area contributed by atoms with Gasteiger partial charge in [-0.05, 0) is 25.0 Å². The van der Waals surface area contributed by atoms with E-state index in [4.69, 9.17) is 11.6 Å². The largest absolute Gasteiger partial charge is 0.350 e. The summed E-state index contributed by atoms with van der Waals surface area (Å²) in [7, 11) is 0. The third-order valence-corrected chi connectivity index (χ3v) is 5.55. The maximum Gasteiger partial charge on any atom is 0.244 e. The molecule has 4 heteroatoms. The molecule has 110 valence electrons. The first-order valence-electron chi connectivity index (χ1n) is 7.39. The highest BCUT2D eigenvalue weighted by Gasteiger charge is 2.14. The zero-order chi connectivity index (χ0) is 14.7. The third-order valence-electron chi connectivity index (χ3n) is 3.90. The van der Waals surface area contributed by atoms with Crippen LogP contribution in [-0.4, -0.2) is 11.9 Å².